The Labute approximate surface area is 126 Å². The highest BCUT2D eigenvalue weighted by molar-refractivity contribution is 7.92. The molecular weight excluding hydrogens is 318 g/mol. The van der Waals surface area contributed by atoms with Gasteiger partial charge in [-0.2, -0.15) is 0 Å². The standard InChI is InChI=1S/C12H10ClN3O2S2/c13-10-7-8(4-5-9(10)12(14)19)20(17,18)16-11-3-1-2-6-15-11/h1-7H,(H2,14,19)(H,15,16). The van der Waals surface area contributed by atoms with Gasteiger partial charge in [-0.1, -0.05) is 29.9 Å². The molecule has 0 saturated carbocycles. The number of nitrogens with one attached hydrogen (secondary N) is 1. The van der Waals surface area contributed by atoms with Crippen LogP contribution in [0.15, 0.2) is 47.5 Å². The van der Waals surface area contributed by atoms with Crippen LogP contribution in [0, 0.1) is 0 Å². The highest BCUT2D eigenvalue weighted by Gasteiger charge is 2.16. The average Bonchev–Trinajstić information content (AvgIpc) is 2.38. The van der Waals surface area contributed by atoms with E-state index < -0.39 is 10.0 Å². The van der Waals surface area contributed by atoms with E-state index in [0.29, 0.717) is 5.56 Å². The van der Waals surface area contributed by atoms with Crippen LogP contribution in [0.3, 0.4) is 0 Å². The molecule has 0 bridgehead atoms. The first kappa shape index (κ1) is 14.7. The van der Waals surface area contributed by atoms with Crippen molar-refractivity contribution in [2.75, 3.05) is 4.72 Å². The van der Waals surface area contributed by atoms with E-state index in [1.165, 1.54) is 24.4 Å². The topological polar surface area (TPSA) is 85.1 Å². The molecule has 8 heteroatoms. The zero-order valence-electron chi connectivity index (χ0n) is 10.1. The predicted molar refractivity (Wildman–Crippen MR) is 82.4 cm³/mol. The number of pyridine rings is 1. The molecule has 2 rings (SSSR count). The first-order valence-corrected chi connectivity index (χ1v) is 7.70. The fourth-order valence-electron chi connectivity index (χ4n) is 1.48. The Bertz CT molecular complexity index is 749. The molecule has 20 heavy (non-hydrogen) atoms. The lowest BCUT2D eigenvalue weighted by Gasteiger charge is -2.09. The first-order chi connectivity index (χ1) is 9.40. The Morgan fingerprint density at radius 1 is 1.30 bits per heavy atom. The third-order valence-electron chi connectivity index (χ3n) is 2.42. The molecule has 0 aliphatic carbocycles. The number of aromatic nitrogens is 1. The zero-order chi connectivity index (χ0) is 14.8. The fraction of sp³-hybridized carbons (Fsp3) is 0. The molecule has 3 N–H and O–H groups in total. The second-order valence-electron chi connectivity index (χ2n) is 3.83. The van der Waals surface area contributed by atoms with E-state index in [1.54, 1.807) is 18.2 Å². The van der Waals surface area contributed by atoms with Gasteiger partial charge in [-0.15, -0.1) is 0 Å². The van der Waals surface area contributed by atoms with Crippen LogP contribution in [-0.4, -0.2) is 18.4 Å². The summed E-state index contributed by atoms with van der Waals surface area (Å²) in [7, 11) is -3.76. The largest absolute Gasteiger partial charge is 0.389 e. The van der Waals surface area contributed by atoms with Crippen molar-refractivity contribution in [3.8, 4) is 0 Å². The summed E-state index contributed by atoms with van der Waals surface area (Å²) in [6.07, 6.45) is 1.49. The number of sulfonamides is 1. The molecule has 0 aliphatic rings. The van der Waals surface area contributed by atoms with Crippen molar-refractivity contribution in [3.63, 3.8) is 0 Å². The first-order valence-electron chi connectivity index (χ1n) is 5.43. The van der Waals surface area contributed by atoms with Crippen molar-refractivity contribution in [1.82, 2.24) is 4.98 Å². The van der Waals surface area contributed by atoms with E-state index in [0.717, 1.165) is 0 Å². The number of nitrogens with two attached hydrogens (primary N) is 1. The number of benzene rings is 1. The zero-order valence-corrected chi connectivity index (χ0v) is 12.5. The van der Waals surface area contributed by atoms with Crippen molar-refractivity contribution < 1.29 is 8.42 Å². The molecule has 0 spiro atoms. The summed E-state index contributed by atoms with van der Waals surface area (Å²) in [5.74, 6) is 0.224. The van der Waals surface area contributed by atoms with E-state index in [1.807, 2.05) is 0 Å². The van der Waals surface area contributed by atoms with E-state index in [2.05, 4.69) is 9.71 Å². The van der Waals surface area contributed by atoms with E-state index in [-0.39, 0.29) is 20.7 Å². The van der Waals surface area contributed by atoms with Crippen LogP contribution in [0.5, 0.6) is 0 Å². The second kappa shape index (κ2) is 5.74. The lowest BCUT2D eigenvalue weighted by Crippen LogP contribution is -2.15. The SMILES string of the molecule is NC(=S)c1ccc(S(=O)(=O)Nc2ccccn2)cc1Cl. The van der Waals surface area contributed by atoms with Crippen molar-refractivity contribution in [3.05, 3.63) is 53.2 Å². The van der Waals surface area contributed by atoms with Crippen LogP contribution in [0.4, 0.5) is 5.82 Å². The van der Waals surface area contributed by atoms with Crippen molar-refractivity contribution >= 4 is 44.6 Å². The number of hydrogen-bond acceptors (Lipinski definition) is 4. The fourth-order valence-corrected chi connectivity index (χ4v) is 3.10. The lowest BCUT2D eigenvalue weighted by molar-refractivity contribution is 0.601. The van der Waals surface area contributed by atoms with Gasteiger partial charge >= 0.3 is 0 Å². The number of nitrogens with zero attached hydrogens (tertiary/aromatic N) is 1. The van der Waals surface area contributed by atoms with Gasteiger partial charge in [-0.25, -0.2) is 13.4 Å². The third kappa shape index (κ3) is 3.24. The van der Waals surface area contributed by atoms with Crippen LogP contribution in [0.1, 0.15) is 5.56 Å². The minimum absolute atomic E-state index is 0.00755. The lowest BCUT2D eigenvalue weighted by atomic mass is 10.2. The highest BCUT2D eigenvalue weighted by Crippen LogP contribution is 2.22. The normalized spacial score (nSPS) is 11.1. The molecule has 0 radical (unpaired) electrons. The molecule has 1 aromatic heterocycles. The number of rotatable bonds is 4. The number of hydrogen-bond donors (Lipinski definition) is 2. The van der Waals surface area contributed by atoms with Crippen LogP contribution in [0.2, 0.25) is 5.02 Å². The van der Waals surface area contributed by atoms with Gasteiger partial charge in [0.05, 0.1) is 9.92 Å². The summed E-state index contributed by atoms with van der Waals surface area (Å²) in [5.41, 5.74) is 5.90. The molecule has 2 aromatic rings. The molecule has 5 nitrogen and oxygen atoms in total. The van der Waals surface area contributed by atoms with E-state index in [9.17, 15) is 8.42 Å². The van der Waals surface area contributed by atoms with Gasteiger partial charge in [-0.3, -0.25) is 4.72 Å². The quantitative estimate of drug-likeness (QED) is 0.841. The minimum atomic E-state index is -3.76. The van der Waals surface area contributed by atoms with Crippen molar-refractivity contribution in [2.24, 2.45) is 5.73 Å². The summed E-state index contributed by atoms with van der Waals surface area (Å²) >= 11 is 10.8. The monoisotopic (exact) mass is 327 g/mol. The summed E-state index contributed by atoms with van der Waals surface area (Å²) in [6, 6.07) is 9.05. The maximum Gasteiger partial charge on any atom is 0.263 e. The molecule has 0 aliphatic heterocycles. The third-order valence-corrected chi connectivity index (χ3v) is 4.31. The number of halogens is 1. The van der Waals surface area contributed by atoms with Crippen molar-refractivity contribution in [2.45, 2.75) is 4.90 Å². The summed E-state index contributed by atoms with van der Waals surface area (Å²) in [5, 5.41) is 0.182. The summed E-state index contributed by atoms with van der Waals surface area (Å²) in [6.45, 7) is 0. The van der Waals surface area contributed by atoms with Crippen LogP contribution in [-0.2, 0) is 10.0 Å². The average molecular weight is 328 g/mol. The van der Waals surface area contributed by atoms with Gasteiger partial charge in [0.2, 0.25) is 0 Å². The van der Waals surface area contributed by atoms with Crippen LogP contribution < -0.4 is 10.5 Å². The maximum atomic E-state index is 12.2. The minimum Gasteiger partial charge on any atom is -0.389 e. The molecule has 0 amide bonds. The predicted octanol–water partition coefficient (Wildman–Crippen LogP) is 2.17. The Hall–Kier alpha value is -1.70. The van der Waals surface area contributed by atoms with Crippen LogP contribution in [0.25, 0.3) is 0 Å². The molecule has 0 saturated heterocycles. The van der Waals surface area contributed by atoms with E-state index in [4.69, 9.17) is 29.6 Å². The Morgan fingerprint density at radius 3 is 2.60 bits per heavy atom. The van der Waals surface area contributed by atoms with E-state index >= 15 is 0 Å². The summed E-state index contributed by atoms with van der Waals surface area (Å²) < 4.78 is 26.7. The number of anilines is 1. The molecule has 1 heterocycles. The molecule has 1 aromatic carbocycles. The number of thiocarbonyl (C=S) groups is 1. The Kier molecular flexibility index (Phi) is 4.22. The van der Waals surface area contributed by atoms with Crippen molar-refractivity contribution in [1.29, 1.82) is 0 Å². The Morgan fingerprint density at radius 2 is 2.05 bits per heavy atom. The highest BCUT2D eigenvalue weighted by atomic mass is 35.5. The Balaban J connectivity index is 2.35. The van der Waals surface area contributed by atoms with Gasteiger partial charge in [0.1, 0.15) is 10.8 Å². The van der Waals surface area contributed by atoms with Gasteiger partial charge < -0.3 is 5.73 Å². The van der Waals surface area contributed by atoms with Gasteiger partial charge in [0.15, 0.2) is 0 Å². The molecule has 0 fully saturated rings. The second-order valence-corrected chi connectivity index (χ2v) is 6.36. The molecule has 0 unspecified atom stereocenters. The van der Waals surface area contributed by atoms with Gasteiger partial charge in [0.25, 0.3) is 10.0 Å². The molecule has 104 valence electrons. The molecule has 0 atom stereocenters. The van der Waals surface area contributed by atoms with Crippen LogP contribution >= 0.6 is 23.8 Å². The maximum absolute atomic E-state index is 12.2. The molecular formula is C12H10ClN3O2S2. The smallest absolute Gasteiger partial charge is 0.263 e. The van der Waals surface area contributed by atoms with Gasteiger partial charge in [0, 0.05) is 11.8 Å². The van der Waals surface area contributed by atoms with Gasteiger partial charge in [-0.05, 0) is 30.3 Å². The summed E-state index contributed by atoms with van der Waals surface area (Å²) in [4.78, 5) is 4.01.